The second-order valence-corrected chi connectivity index (χ2v) is 4.66. The molecule has 0 radical (unpaired) electrons. The number of carbonyl (C=O) groups is 1. The Morgan fingerprint density at radius 3 is 2.86 bits per heavy atom. The molecule has 0 saturated heterocycles. The van der Waals surface area contributed by atoms with Gasteiger partial charge in [-0.1, -0.05) is 0 Å². The topological polar surface area (TPSA) is 60.5 Å². The molecule has 21 heavy (non-hydrogen) atoms. The Bertz CT molecular complexity index is 605. The highest BCUT2D eigenvalue weighted by Crippen LogP contribution is 2.30. The molecule has 5 nitrogen and oxygen atoms in total. The van der Waals surface area contributed by atoms with Crippen molar-refractivity contribution in [2.24, 2.45) is 0 Å². The van der Waals surface area contributed by atoms with Crippen LogP contribution in [0.5, 0.6) is 11.5 Å². The van der Waals surface area contributed by atoms with E-state index in [0.717, 1.165) is 0 Å². The van der Waals surface area contributed by atoms with Gasteiger partial charge in [0.2, 0.25) is 0 Å². The molecule has 1 heterocycles. The lowest BCUT2D eigenvalue weighted by Crippen LogP contribution is -2.12. The van der Waals surface area contributed by atoms with Crippen LogP contribution in [0.4, 0.5) is 13.9 Å². The Balaban J connectivity index is 2.20. The molecule has 1 N–H and O–H groups in total. The van der Waals surface area contributed by atoms with Gasteiger partial charge in [-0.15, -0.1) is 11.3 Å². The SMILES string of the molecule is CCOc1cc(C(=O)Nc2nccs2)ccc1OC(F)F. The van der Waals surface area contributed by atoms with Crippen LogP contribution in [0.2, 0.25) is 0 Å². The number of alkyl halides is 2. The van der Waals surface area contributed by atoms with E-state index in [-0.39, 0.29) is 23.7 Å². The van der Waals surface area contributed by atoms with Gasteiger partial charge in [0.15, 0.2) is 16.6 Å². The van der Waals surface area contributed by atoms with Crippen LogP contribution in [0.3, 0.4) is 0 Å². The molecule has 2 rings (SSSR count). The summed E-state index contributed by atoms with van der Waals surface area (Å²) in [4.78, 5) is 15.9. The van der Waals surface area contributed by atoms with E-state index < -0.39 is 12.5 Å². The van der Waals surface area contributed by atoms with E-state index in [1.807, 2.05) is 0 Å². The summed E-state index contributed by atoms with van der Waals surface area (Å²) >= 11 is 1.27. The molecule has 0 spiro atoms. The third-order valence-corrected chi connectivity index (χ3v) is 3.06. The summed E-state index contributed by atoms with van der Waals surface area (Å²) in [5.74, 6) is -0.434. The number of hydrogen-bond donors (Lipinski definition) is 1. The second-order valence-electron chi connectivity index (χ2n) is 3.76. The molecule has 0 bridgehead atoms. The Morgan fingerprint density at radius 2 is 2.24 bits per heavy atom. The Labute approximate surface area is 123 Å². The Morgan fingerprint density at radius 1 is 1.43 bits per heavy atom. The molecular weight excluding hydrogens is 302 g/mol. The summed E-state index contributed by atoms with van der Waals surface area (Å²) < 4.78 is 34.1. The average molecular weight is 314 g/mol. The predicted molar refractivity (Wildman–Crippen MR) is 74.3 cm³/mol. The quantitative estimate of drug-likeness (QED) is 0.888. The second kappa shape index (κ2) is 6.98. The summed E-state index contributed by atoms with van der Waals surface area (Å²) in [6.07, 6.45) is 1.56. The molecule has 0 aliphatic carbocycles. The number of anilines is 1. The monoisotopic (exact) mass is 314 g/mol. The Kier molecular flexibility index (Phi) is 5.04. The van der Waals surface area contributed by atoms with Crippen molar-refractivity contribution in [3.63, 3.8) is 0 Å². The van der Waals surface area contributed by atoms with E-state index in [1.165, 1.54) is 29.5 Å². The minimum absolute atomic E-state index is 0.0876. The normalized spacial score (nSPS) is 10.5. The van der Waals surface area contributed by atoms with Crippen LogP contribution >= 0.6 is 11.3 Å². The van der Waals surface area contributed by atoms with Gasteiger partial charge in [-0.05, 0) is 25.1 Å². The lowest BCUT2D eigenvalue weighted by molar-refractivity contribution is -0.0514. The number of benzene rings is 1. The van der Waals surface area contributed by atoms with E-state index in [9.17, 15) is 13.6 Å². The number of aromatic nitrogens is 1. The van der Waals surface area contributed by atoms with Crippen molar-refractivity contribution in [1.29, 1.82) is 0 Å². The van der Waals surface area contributed by atoms with E-state index in [2.05, 4.69) is 15.0 Å². The van der Waals surface area contributed by atoms with E-state index >= 15 is 0 Å². The molecule has 1 aromatic heterocycles. The molecule has 112 valence electrons. The van der Waals surface area contributed by atoms with E-state index in [0.29, 0.717) is 5.13 Å². The van der Waals surface area contributed by atoms with Gasteiger partial charge in [0.25, 0.3) is 5.91 Å². The molecule has 0 aliphatic rings. The molecule has 8 heteroatoms. The summed E-state index contributed by atoms with van der Waals surface area (Å²) in [6, 6.07) is 4.00. The van der Waals surface area contributed by atoms with Gasteiger partial charge in [0, 0.05) is 17.1 Å². The zero-order valence-electron chi connectivity index (χ0n) is 11.0. The molecule has 2 aromatic rings. The maximum Gasteiger partial charge on any atom is 0.387 e. The van der Waals surface area contributed by atoms with Gasteiger partial charge in [0.05, 0.1) is 6.61 Å². The van der Waals surface area contributed by atoms with Crippen LogP contribution < -0.4 is 14.8 Å². The molecule has 0 aliphatic heterocycles. The summed E-state index contributed by atoms with van der Waals surface area (Å²) in [5, 5.41) is 4.76. The van der Waals surface area contributed by atoms with Crippen LogP contribution in [0.1, 0.15) is 17.3 Å². The third kappa shape index (κ3) is 4.12. The van der Waals surface area contributed by atoms with Crippen LogP contribution in [-0.2, 0) is 0 Å². The zero-order chi connectivity index (χ0) is 15.2. The predicted octanol–water partition coefficient (Wildman–Crippen LogP) is 3.40. The standard InChI is InChI=1S/C13H12F2N2O3S/c1-2-19-10-7-8(3-4-9(10)20-12(14)15)11(18)17-13-16-5-6-21-13/h3-7,12H,2H2,1H3,(H,16,17,18). The van der Waals surface area contributed by atoms with Crippen molar-refractivity contribution in [3.05, 3.63) is 35.3 Å². The van der Waals surface area contributed by atoms with Gasteiger partial charge in [-0.2, -0.15) is 8.78 Å². The van der Waals surface area contributed by atoms with E-state index in [1.54, 1.807) is 18.5 Å². The van der Waals surface area contributed by atoms with Crippen LogP contribution in [-0.4, -0.2) is 24.1 Å². The zero-order valence-corrected chi connectivity index (χ0v) is 11.8. The number of hydrogen-bond acceptors (Lipinski definition) is 5. The van der Waals surface area contributed by atoms with Crippen LogP contribution in [0, 0.1) is 0 Å². The number of nitrogens with zero attached hydrogens (tertiary/aromatic N) is 1. The van der Waals surface area contributed by atoms with Crippen molar-refractivity contribution >= 4 is 22.4 Å². The van der Waals surface area contributed by atoms with Crippen molar-refractivity contribution in [2.45, 2.75) is 13.5 Å². The highest BCUT2D eigenvalue weighted by atomic mass is 32.1. The van der Waals surface area contributed by atoms with Gasteiger partial charge in [0.1, 0.15) is 0 Å². The van der Waals surface area contributed by atoms with Gasteiger partial charge in [-0.25, -0.2) is 4.98 Å². The molecule has 0 fully saturated rings. The van der Waals surface area contributed by atoms with E-state index in [4.69, 9.17) is 4.74 Å². The summed E-state index contributed by atoms with van der Waals surface area (Å²) in [7, 11) is 0. The first-order valence-corrected chi connectivity index (χ1v) is 6.90. The lowest BCUT2D eigenvalue weighted by atomic mass is 10.2. The van der Waals surface area contributed by atoms with Crippen LogP contribution in [0.25, 0.3) is 0 Å². The van der Waals surface area contributed by atoms with Gasteiger partial charge < -0.3 is 9.47 Å². The maximum absolute atomic E-state index is 12.3. The van der Waals surface area contributed by atoms with Crippen molar-refractivity contribution in [2.75, 3.05) is 11.9 Å². The molecule has 0 saturated carbocycles. The van der Waals surface area contributed by atoms with Crippen molar-refractivity contribution in [3.8, 4) is 11.5 Å². The highest BCUT2D eigenvalue weighted by molar-refractivity contribution is 7.13. The molecule has 0 unspecified atom stereocenters. The fraction of sp³-hybridized carbons (Fsp3) is 0.231. The summed E-state index contributed by atoms with van der Waals surface area (Å²) in [5.41, 5.74) is 0.260. The van der Waals surface area contributed by atoms with Crippen molar-refractivity contribution in [1.82, 2.24) is 4.98 Å². The minimum Gasteiger partial charge on any atom is -0.490 e. The fourth-order valence-corrected chi connectivity index (χ4v) is 2.09. The molecule has 1 amide bonds. The first-order chi connectivity index (χ1) is 10.1. The molecule has 1 aromatic carbocycles. The number of halogens is 2. The number of carbonyl (C=O) groups excluding carboxylic acids is 1. The van der Waals surface area contributed by atoms with Gasteiger partial charge >= 0.3 is 6.61 Å². The number of nitrogens with one attached hydrogen (secondary N) is 1. The number of rotatable bonds is 6. The maximum atomic E-state index is 12.3. The van der Waals surface area contributed by atoms with Crippen LogP contribution in [0.15, 0.2) is 29.8 Å². The lowest BCUT2D eigenvalue weighted by Gasteiger charge is -2.12. The van der Waals surface area contributed by atoms with Crippen molar-refractivity contribution < 1.29 is 23.0 Å². The fourth-order valence-electron chi connectivity index (χ4n) is 1.57. The highest BCUT2D eigenvalue weighted by Gasteiger charge is 2.15. The van der Waals surface area contributed by atoms with Gasteiger partial charge in [-0.3, -0.25) is 10.1 Å². The first-order valence-electron chi connectivity index (χ1n) is 6.02. The average Bonchev–Trinajstić information content (AvgIpc) is 2.93. The number of thiazole rings is 1. The third-order valence-electron chi connectivity index (χ3n) is 2.37. The number of ether oxygens (including phenoxy) is 2. The smallest absolute Gasteiger partial charge is 0.387 e. The minimum atomic E-state index is -2.96. The summed E-state index contributed by atoms with van der Waals surface area (Å²) in [6.45, 7) is -0.995. The first kappa shape index (κ1) is 15.2. The Hall–Kier alpha value is -2.22. The largest absolute Gasteiger partial charge is 0.490 e. The molecular formula is C13H12F2N2O3S. The molecule has 0 atom stereocenters. The number of amides is 1.